The van der Waals surface area contributed by atoms with E-state index in [-0.39, 0.29) is 6.61 Å². The topological polar surface area (TPSA) is 73.9 Å². The number of rotatable bonds is 4. The second-order valence-corrected chi connectivity index (χ2v) is 4.20. The van der Waals surface area contributed by atoms with Crippen molar-refractivity contribution in [2.45, 2.75) is 13.5 Å². The van der Waals surface area contributed by atoms with Crippen molar-refractivity contribution in [3.8, 4) is 17.3 Å². The number of aryl methyl sites for hydroxylation is 1. The summed E-state index contributed by atoms with van der Waals surface area (Å²) >= 11 is 0. The first-order valence-electron chi connectivity index (χ1n) is 6.09. The fourth-order valence-electron chi connectivity index (χ4n) is 1.68. The van der Waals surface area contributed by atoms with E-state index in [2.05, 4.69) is 20.1 Å². The summed E-state index contributed by atoms with van der Waals surface area (Å²) < 4.78 is 10.1. The van der Waals surface area contributed by atoms with Crippen molar-refractivity contribution in [1.29, 1.82) is 0 Å². The van der Waals surface area contributed by atoms with Crippen LogP contribution >= 0.6 is 0 Å². The Hall–Kier alpha value is -2.76. The van der Waals surface area contributed by atoms with Gasteiger partial charge in [0.1, 0.15) is 18.6 Å². The minimum atomic E-state index is 0.276. The van der Waals surface area contributed by atoms with Gasteiger partial charge in [0.25, 0.3) is 0 Å². The third-order valence-electron chi connectivity index (χ3n) is 2.65. The molecule has 3 aromatic heterocycles. The SMILES string of the molecule is Cc1cccc(-c2cnc(OCc3ccon3)nc2)n1. The van der Waals surface area contributed by atoms with E-state index in [1.54, 1.807) is 18.5 Å². The number of pyridine rings is 1. The van der Waals surface area contributed by atoms with E-state index in [0.717, 1.165) is 17.0 Å². The Bertz CT molecular complexity index is 681. The lowest BCUT2D eigenvalue weighted by Gasteiger charge is -2.03. The van der Waals surface area contributed by atoms with Crippen LogP contribution in [0.5, 0.6) is 6.01 Å². The zero-order valence-electron chi connectivity index (χ0n) is 10.9. The van der Waals surface area contributed by atoms with Crippen molar-refractivity contribution in [1.82, 2.24) is 20.1 Å². The maximum atomic E-state index is 5.40. The maximum Gasteiger partial charge on any atom is 0.316 e. The van der Waals surface area contributed by atoms with Gasteiger partial charge in [0.15, 0.2) is 0 Å². The van der Waals surface area contributed by atoms with Gasteiger partial charge in [-0.1, -0.05) is 11.2 Å². The lowest BCUT2D eigenvalue weighted by atomic mass is 10.2. The molecule has 3 heterocycles. The Morgan fingerprint density at radius 3 is 2.70 bits per heavy atom. The van der Waals surface area contributed by atoms with Gasteiger partial charge in [0.2, 0.25) is 0 Å². The van der Waals surface area contributed by atoms with Gasteiger partial charge in [0, 0.05) is 29.7 Å². The van der Waals surface area contributed by atoms with Crippen molar-refractivity contribution >= 4 is 0 Å². The molecule has 6 heteroatoms. The second kappa shape index (κ2) is 5.48. The van der Waals surface area contributed by atoms with Crippen LogP contribution in [0.25, 0.3) is 11.3 Å². The molecule has 3 rings (SSSR count). The third-order valence-corrected chi connectivity index (χ3v) is 2.65. The van der Waals surface area contributed by atoms with E-state index < -0.39 is 0 Å². The minimum Gasteiger partial charge on any atom is -0.457 e. The monoisotopic (exact) mass is 268 g/mol. The molecule has 0 aliphatic carbocycles. The van der Waals surface area contributed by atoms with Gasteiger partial charge in [-0.2, -0.15) is 0 Å². The summed E-state index contributed by atoms with van der Waals surface area (Å²) in [6, 6.07) is 7.84. The molecule has 0 saturated heterocycles. The Labute approximate surface area is 115 Å². The number of nitrogens with zero attached hydrogens (tertiary/aromatic N) is 4. The number of aromatic nitrogens is 4. The highest BCUT2D eigenvalue weighted by Gasteiger charge is 2.04. The molecule has 0 saturated carbocycles. The van der Waals surface area contributed by atoms with Gasteiger partial charge in [-0.25, -0.2) is 9.97 Å². The molecule has 0 spiro atoms. The van der Waals surface area contributed by atoms with Crippen molar-refractivity contribution in [2.75, 3.05) is 0 Å². The van der Waals surface area contributed by atoms with Crippen LogP contribution in [-0.4, -0.2) is 20.1 Å². The zero-order chi connectivity index (χ0) is 13.8. The molecule has 0 aliphatic rings. The van der Waals surface area contributed by atoms with E-state index in [4.69, 9.17) is 9.26 Å². The summed E-state index contributed by atoms with van der Waals surface area (Å²) in [4.78, 5) is 12.7. The van der Waals surface area contributed by atoms with E-state index in [1.807, 2.05) is 25.1 Å². The third kappa shape index (κ3) is 2.80. The van der Waals surface area contributed by atoms with Crippen LogP contribution in [0.15, 0.2) is 47.4 Å². The minimum absolute atomic E-state index is 0.276. The highest BCUT2D eigenvalue weighted by Crippen LogP contribution is 2.16. The summed E-state index contributed by atoms with van der Waals surface area (Å²) in [7, 11) is 0. The molecule has 0 aliphatic heterocycles. The van der Waals surface area contributed by atoms with Gasteiger partial charge in [-0.05, 0) is 19.1 Å². The highest BCUT2D eigenvalue weighted by atomic mass is 16.5. The summed E-state index contributed by atoms with van der Waals surface area (Å²) in [5.74, 6) is 0. The molecule has 3 aromatic rings. The molecule has 0 aromatic carbocycles. The van der Waals surface area contributed by atoms with Crippen molar-refractivity contribution < 1.29 is 9.26 Å². The van der Waals surface area contributed by atoms with E-state index in [1.165, 1.54) is 6.26 Å². The standard InChI is InChI=1S/C14H12N4O2/c1-10-3-2-4-13(17-10)11-7-15-14(16-8-11)19-9-12-5-6-20-18-12/h2-8H,9H2,1H3. The first-order chi connectivity index (χ1) is 9.81. The van der Waals surface area contributed by atoms with Crippen LogP contribution in [0, 0.1) is 6.92 Å². The first-order valence-corrected chi connectivity index (χ1v) is 6.09. The highest BCUT2D eigenvalue weighted by molar-refractivity contribution is 5.56. The van der Waals surface area contributed by atoms with Crippen LogP contribution in [0.2, 0.25) is 0 Å². The van der Waals surface area contributed by atoms with Crippen molar-refractivity contribution in [3.63, 3.8) is 0 Å². The molecule has 0 amide bonds. The average Bonchev–Trinajstić information content (AvgIpc) is 2.99. The van der Waals surface area contributed by atoms with Gasteiger partial charge >= 0.3 is 6.01 Å². The molecular weight excluding hydrogens is 256 g/mol. The first kappa shape index (κ1) is 12.3. The van der Waals surface area contributed by atoms with E-state index in [9.17, 15) is 0 Å². The van der Waals surface area contributed by atoms with Gasteiger partial charge in [0.05, 0.1) is 5.69 Å². The molecule has 0 N–H and O–H groups in total. The molecule has 100 valence electrons. The Morgan fingerprint density at radius 1 is 1.15 bits per heavy atom. The normalized spacial score (nSPS) is 10.4. The predicted molar refractivity (Wildman–Crippen MR) is 70.8 cm³/mol. The fourth-order valence-corrected chi connectivity index (χ4v) is 1.68. The molecule has 20 heavy (non-hydrogen) atoms. The van der Waals surface area contributed by atoms with Crippen LogP contribution < -0.4 is 4.74 Å². The molecule has 0 fully saturated rings. The lowest BCUT2D eigenvalue weighted by Crippen LogP contribution is -1.99. The van der Waals surface area contributed by atoms with Crippen LogP contribution in [0.4, 0.5) is 0 Å². The largest absolute Gasteiger partial charge is 0.457 e. The summed E-state index contributed by atoms with van der Waals surface area (Å²) in [6.45, 7) is 2.22. The molecular formula is C14H12N4O2. The Balaban J connectivity index is 1.71. The van der Waals surface area contributed by atoms with Crippen LogP contribution in [0.1, 0.15) is 11.4 Å². The van der Waals surface area contributed by atoms with Crippen molar-refractivity contribution in [2.24, 2.45) is 0 Å². The quantitative estimate of drug-likeness (QED) is 0.723. The number of ether oxygens (including phenoxy) is 1. The zero-order valence-corrected chi connectivity index (χ0v) is 10.9. The fraction of sp³-hybridized carbons (Fsp3) is 0.143. The molecule has 0 unspecified atom stereocenters. The predicted octanol–water partition coefficient (Wildman–Crippen LogP) is 2.41. The summed E-state index contributed by atoms with van der Waals surface area (Å²) in [5.41, 5.74) is 3.34. The van der Waals surface area contributed by atoms with E-state index >= 15 is 0 Å². The van der Waals surface area contributed by atoms with Crippen molar-refractivity contribution in [3.05, 3.63) is 54.3 Å². The molecule has 0 radical (unpaired) electrons. The van der Waals surface area contributed by atoms with Crippen LogP contribution in [0.3, 0.4) is 0 Å². The summed E-state index contributed by atoms with van der Waals surface area (Å²) in [6.07, 6.45) is 4.87. The average molecular weight is 268 g/mol. The molecule has 6 nitrogen and oxygen atoms in total. The van der Waals surface area contributed by atoms with Gasteiger partial charge < -0.3 is 9.26 Å². The smallest absolute Gasteiger partial charge is 0.316 e. The van der Waals surface area contributed by atoms with Gasteiger partial charge in [-0.15, -0.1) is 0 Å². The van der Waals surface area contributed by atoms with E-state index in [0.29, 0.717) is 11.7 Å². The maximum absolute atomic E-state index is 5.40. The summed E-state index contributed by atoms with van der Waals surface area (Å²) in [5, 5.41) is 3.74. The number of hydrogen-bond donors (Lipinski definition) is 0. The Morgan fingerprint density at radius 2 is 2.00 bits per heavy atom. The van der Waals surface area contributed by atoms with Gasteiger partial charge in [-0.3, -0.25) is 4.98 Å². The lowest BCUT2D eigenvalue weighted by molar-refractivity contribution is 0.267. The van der Waals surface area contributed by atoms with Crippen LogP contribution in [-0.2, 0) is 6.61 Å². The molecule has 0 bridgehead atoms. The number of hydrogen-bond acceptors (Lipinski definition) is 6. The Kier molecular flexibility index (Phi) is 3.36. The molecule has 0 atom stereocenters. The second-order valence-electron chi connectivity index (χ2n) is 4.20.